The summed E-state index contributed by atoms with van der Waals surface area (Å²) in [6.07, 6.45) is 3.96. The Balaban J connectivity index is 2.68. The van der Waals surface area contributed by atoms with Crippen LogP contribution in [0.4, 0.5) is 5.82 Å². The van der Waals surface area contributed by atoms with E-state index in [0.29, 0.717) is 0 Å². The maximum atomic E-state index is 5.67. The van der Waals surface area contributed by atoms with Crippen LogP contribution in [0, 0.1) is 0 Å². The maximum absolute atomic E-state index is 5.67. The topological polar surface area (TPSA) is 41.9 Å². The molecule has 5 heteroatoms. The molecule has 0 spiro atoms. The first-order chi connectivity index (χ1) is 6.77. The van der Waals surface area contributed by atoms with Crippen LogP contribution in [0.25, 0.3) is 0 Å². The third-order valence-electron chi connectivity index (χ3n) is 2.01. The van der Waals surface area contributed by atoms with Gasteiger partial charge in [-0.15, -0.1) is 5.10 Å². The smallest absolute Gasteiger partial charge is 0.244 e. The Morgan fingerprint density at radius 2 is 2.21 bits per heavy atom. The highest BCUT2D eigenvalue weighted by Gasteiger charge is 2.06. The molecule has 0 aliphatic heterocycles. The molecule has 1 rings (SSSR count). The fourth-order valence-corrected chi connectivity index (χ4v) is 1.34. The minimum atomic E-state index is 0.206. The number of anilines is 1. The molecule has 1 heterocycles. The van der Waals surface area contributed by atoms with Gasteiger partial charge in [0.2, 0.25) is 5.28 Å². The Morgan fingerprint density at radius 3 is 2.79 bits per heavy atom. The minimum Gasteiger partial charge on any atom is -0.355 e. The van der Waals surface area contributed by atoms with Crippen LogP contribution in [0.15, 0.2) is 6.20 Å². The van der Waals surface area contributed by atoms with Gasteiger partial charge in [0, 0.05) is 13.1 Å². The second kappa shape index (κ2) is 5.75. The van der Waals surface area contributed by atoms with E-state index in [2.05, 4.69) is 33.9 Å². The van der Waals surface area contributed by atoms with Gasteiger partial charge >= 0.3 is 0 Å². The number of hydrogen-bond acceptors (Lipinski definition) is 4. The van der Waals surface area contributed by atoms with Crippen molar-refractivity contribution in [2.24, 2.45) is 0 Å². The molecule has 0 saturated heterocycles. The van der Waals surface area contributed by atoms with Gasteiger partial charge in [0.05, 0.1) is 6.20 Å². The highest BCUT2D eigenvalue weighted by molar-refractivity contribution is 6.28. The van der Waals surface area contributed by atoms with E-state index in [0.717, 1.165) is 25.3 Å². The lowest BCUT2D eigenvalue weighted by Gasteiger charge is -2.20. The standard InChI is InChI=1S/C9H15ClN4/c1-3-5-6-14(4-2)8-7-11-13-9(10)12-8/h7H,3-6H2,1-2H3. The van der Waals surface area contributed by atoms with E-state index in [1.165, 1.54) is 6.42 Å². The summed E-state index contributed by atoms with van der Waals surface area (Å²) in [7, 11) is 0. The summed E-state index contributed by atoms with van der Waals surface area (Å²) < 4.78 is 0. The molecule has 0 unspecified atom stereocenters. The molecule has 0 atom stereocenters. The first-order valence-electron chi connectivity index (χ1n) is 4.88. The van der Waals surface area contributed by atoms with Crippen molar-refractivity contribution in [2.75, 3.05) is 18.0 Å². The molecule has 1 aromatic rings. The van der Waals surface area contributed by atoms with Gasteiger partial charge in [-0.1, -0.05) is 13.3 Å². The number of hydrogen-bond donors (Lipinski definition) is 0. The van der Waals surface area contributed by atoms with Crippen LogP contribution in [0.5, 0.6) is 0 Å². The molecule has 0 saturated carbocycles. The molecule has 78 valence electrons. The van der Waals surface area contributed by atoms with Crippen LogP contribution < -0.4 is 4.90 Å². The van der Waals surface area contributed by atoms with E-state index in [1.807, 2.05) is 0 Å². The Labute approximate surface area is 89.3 Å². The largest absolute Gasteiger partial charge is 0.355 e. The Bertz CT molecular complexity index is 279. The summed E-state index contributed by atoms with van der Waals surface area (Å²) in [6.45, 7) is 6.15. The summed E-state index contributed by atoms with van der Waals surface area (Å²) in [5.74, 6) is 0.806. The molecular formula is C9H15ClN4. The predicted molar refractivity (Wildman–Crippen MR) is 57.6 cm³/mol. The summed E-state index contributed by atoms with van der Waals surface area (Å²) in [4.78, 5) is 6.26. The van der Waals surface area contributed by atoms with Crippen molar-refractivity contribution in [3.05, 3.63) is 11.5 Å². The Hall–Kier alpha value is -0.900. The molecule has 0 fully saturated rings. The second-order valence-corrected chi connectivity index (χ2v) is 3.35. The molecule has 0 aliphatic rings. The lowest BCUT2D eigenvalue weighted by molar-refractivity contribution is 0.718. The normalized spacial score (nSPS) is 10.2. The second-order valence-electron chi connectivity index (χ2n) is 3.02. The minimum absolute atomic E-state index is 0.206. The Morgan fingerprint density at radius 1 is 1.43 bits per heavy atom. The van der Waals surface area contributed by atoms with Gasteiger partial charge in [-0.2, -0.15) is 10.1 Å². The third kappa shape index (κ3) is 3.10. The van der Waals surface area contributed by atoms with E-state index in [-0.39, 0.29) is 5.28 Å². The van der Waals surface area contributed by atoms with Gasteiger partial charge < -0.3 is 4.90 Å². The van der Waals surface area contributed by atoms with Crippen molar-refractivity contribution in [1.82, 2.24) is 15.2 Å². The number of unbranched alkanes of at least 4 members (excludes halogenated alkanes) is 1. The van der Waals surface area contributed by atoms with Gasteiger partial charge in [-0.25, -0.2) is 0 Å². The fourth-order valence-electron chi connectivity index (χ4n) is 1.21. The van der Waals surface area contributed by atoms with Crippen molar-refractivity contribution in [3.63, 3.8) is 0 Å². The van der Waals surface area contributed by atoms with Gasteiger partial charge in [0.25, 0.3) is 0 Å². The number of nitrogens with zero attached hydrogens (tertiary/aromatic N) is 4. The molecule has 0 N–H and O–H groups in total. The van der Waals surface area contributed by atoms with E-state index in [4.69, 9.17) is 11.6 Å². The molecule has 0 bridgehead atoms. The summed E-state index contributed by atoms with van der Waals surface area (Å²) in [5, 5.41) is 7.60. The average Bonchev–Trinajstić information content (AvgIpc) is 2.19. The molecule has 4 nitrogen and oxygen atoms in total. The van der Waals surface area contributed by atoms with Crippen molar-refractivity contribution >= 4 is 17.4 Å². The number of aromatic nitrogens is 3. The van der Waals surface area contributed by atoms with Crippen molar-refractivity contribution < 1.29 is 0 Å². The van der Waals surface area contributed by atoms with Crippen LogP contribution in [-0.4, -0.2) is 28.3 Å². The van der Waals surface area contributed by atoms with Gasteiger partial charge in [-0.05, 0) is 24.9 Å². The molecule has 1 aromatic heterocycles. The van der Waals surface area contributed by atoms with Gasteiger partial charge in [0.15, 0.2) is 5.82 Å². The number of halogens is 1. The maximum Gasteiger partial charge on any atom is 0.244 e. The molecule has 0 amide bonds. The first kappa shape index (κ1) is 11.2. The third-order valence-corrected chi connectivity index (χ3v) is 2.17. The lowest BCUT2D eigenvalue weighted by atomic mass is 10.3. The highest BCUT2D eigenvalue weighted by atomic mass is 35.5. The van der Waals surface area contributed by atoms with Crippen molar-refractivity contribution in [1.29, 1.82) is 0 Å². The summed E-state index contributed by atoms with van der Waals surface area (Å²) >= 11 is 5.67. The van der Waals surface area contributed by atoms with Crippen LogP contribution >= 0.6 is 11.6 Å². The molecule has 0 radical (unpaired) electrons. The van der Waals surface area contributed by atoms with E-state index >= 15 is 0 Å². The molecular weight excluding hydrogens is 200 g/mol. The fraction of sp³-hybridized carbons (Fsp3) is 0.667. The lowest BCUT2D eigenvalue weighted by Crippen LogP contribution is -2.25. The van der Waals surface area contributed by atoms with E-state index in [1.54, 1.807) is 6.20 Å². The van der Waals surface area contributed by atoms with Crippen LogP contribution in [-0.2, 0) is 0 Å². The Kier molecular flexibility index (Phi) is 4.59. The first-order valence-corrected chi connectivity index (χ1v) is 5.25. The zero-order valence-electron chi connectivity index (χ0n) is 8.57. The number of rotatable bonds is 5. The highest BCUT2D eigenvalue weighted by Crippen LogP contribution is 2.11. The van der Waals surface area contributed by atoms with E-state index < -0.39 is 0 Å². The molecule has 0 aromatic carbocycles. The zero-order chi connectivity index (χ0) is 10.4. The summed E-state index contributed by atoms with van der Waals surface area (Å²) in [5.41, 5.74) is 0. The van der Waals surface area contributed by atoms with Crippen LogP contribution in [0.2, 0.25) is 5.28 Å². The van der Waals surface area contributed by atoms with Crippen molar-refractivity contribution in [2.45, 2.75) is 26.7 Å². The quantitative estimate of drug-likeness (QED) is 0.753. The van der Waals surface area contributed by atoms with Gasteiger partial charge in [-0.3, -0.25) is 0 Å². The molecule has 14 heavy (non-hydrogen) atoms. The zero-order valence-corrected chi connectivity index (χ0v) is 9.33. The van der Waals surface area contributed by atoms with Crippen LogP contribution in [0.1, 0.15) is 26.7 Å². The van der Waals surface area contributed by atoms with Crippen molar-refractivity contribution in [3.8, 4) is 0 Å². The summed E-state index contributed by atoms with van der Waals surface area (Å²) in [6, 6.07) is 0. The predicted octanol–water partition coefficient (Wildman–Crippen LogP) is 2.15. The average molecular weight is 215 g/mol. The van der Waals surface area contributed by atoms with Crippen LogP contribution in [0.3, 0.4) is 0 Å². The van der Waals surface area contributed by atoms with E-state index in [9.17, 15) is 0 Å². The van der Waals surface area contributed by atoms with Gasteiger partial charge in [0.1, 0.15) is 0 Å². The molecule has 0 aliphatic carbocycles. The SMILES string of the molecule is CCCCN(CC)c1cnnc(Cl)n1. The monoisotopic (exact) mass is 214 g/mol.